The Kier molecular flexibility index (Phi) is 3.34. The van der Waals surface area contributed by atoms with Crippen molar-refractivity contribution in [2.24, 2.45) is 5.41 Å². The maximum atomic E-state index is 12.5. The number of hydrogen-bond acceptors (Lipinski definition) is 3. The predicted octanol–water partition coefficient (Wildman–Crippen LogP) is 3.18. The van der Waals surface area contributed by atoms with Crippen LogP contribution in [0.15, 0.2) is 54.6 Å². The highest BCUT2D eigenvalue weighted by Gasteiger charge is 2.48. The van der Waals surface area contributed by atoms with Gasteiger partial charge in [-0.25, -0.2) is 0 Å². The summed E-state index contributed by atoms with van der Waals surface area (Å²) in [4.78, 5) is 24.8. The zero-order valence-corrected chi connectivity index (χ0v) is 11.8. The first-order valence-electron chi connectivity index (χ1n) is 6.95. The van der Waals surface area contributed by atoms with Crippen molar-refractivity contribution in [1.82, 2.24) is 0 Å². The van der Waals surface area contributed by atoms with Gasteiger partial charge in [-0.05, 0) is 24.5 Å². The average Bonchev–Trinajstić information content (AvgIpc) is 2.79. The van der Waals surface area contributed by atoms with Gasteiger partial charge in [0.25, 0.3) is 0 Å². The molecule has 2 aromatic carbocycles. The van der Waals surface area contributed by atoms with Crippen molar-refractivity contribution >= 4 is 11.8 Å². The molecule has 3 nitrogen and oxygen atoms in total. The number of ketones is 1. The lowest BCUT2D eigenvalue weighted by Crippen LogP contribution is -2.35. The molecule has 1 aliphatic rings. The topological polar surface area (TPSA) is 43.4 Å². The molecule has 1 unspecified atom stereocenters. The van der Waals surface area contributed by atoms with Crippen LogP contribution in [0.5, 0.6) is 0 Å². The van der Waals surface area contributed by atoms with Crippen LogP contribution in [0.2, 0.25) is 0 Å². The van der Waals surface area contributed by atoms with Crippen molar-refractivity contribution in [2.75, 3.05) is 0 Å². The van der Waals surface area contributed by atoms with E-state index in [0.717, 1.165) is 11.1 Å². The summed E-state index contributed by atoms with van der Waals surface area (Å²) in [7, 11) is 0. The van der Waals surface area contributed by atoms with Gasteiger partial charge in [0.1, 0.15) is 12.0 Å². The fourth-order valence-electron chi connectivity index (χ4n) is 2.70. The molecule has 1 atom stereocenters. The Hall–Kier alpha value is -2.42. The van der Waals surface area contributed by atoms with E-state index in [4.69, 9.17) is 4.74 Å². The minimum atomic E-state index is -1.10. The van der Waals surface area contributed by atoms with E-state index in [2.05, 4.69) is 0 Å². The second-order valence-electron chi connectivity index (χ2n) is 5.56. The van der Waals surface area contributed by atoms with Crippen LogP contribution in [0.4, 0.5) is 0 Å². The summed E-state index contributed by atoms with van der Waals surface area (Å²) in [5.74, 6) is -0.594. The van der Waals surface area contributed by atoms with Crippen LogP contribution < -0.4 is 0 Å². The molecule has 0 spiro atoms. The quantitative estimate of drug-likeness (QED) is 0.640. The molecule has 0 aromatic heterocycles. The van der Waals surface area contributed by atoms with E-state index in [1.54, 1.807) is 13.0 Å². The summed E-state index contributed by atoms with van der Waals surface area (Å²) < 4.78 is 5.36. The Morgan fingerprint density at radius 1 is 1.10 bits per heavy atom. The third-order valence-corrected chi connectivity index (χ3v) is 3.97. The molecule has 0 saturated carbocycles. The van der Waals surface area contributed by atoms with Crippen LogP contribution in [0.1, 0.15) is 28.4 Å². The van der Waals surface area contributed by atoms with Crippen molar-refractivity contribution in [3.63, 3.8) is 0 Å². The maximum absolute atomic E-state index is 12.5. The third-order valence-electron chi connectivity index (χ3n) is 3.97. The minimum Gasteiger partial charge on any atom is -0.460 e. The van der Waals surface area contributed by atoms with Crippen LogP contribution >= 0.6 is 0 Å². The van der Waals surface area contributed by atoms with Gasteiger partial charge in [0.15, 0.2) is 5.78 Å². The number of rotatable bonds is 3. The van der Waals surface area contributed by atoms with E-state index in [-0.39, 0.29) is 12.4 Å². The molecule has 0 aliphatic heterocycles. The number of benzene rings is 2. The first-order chi connectivity index (χ1) is 10.1. The number of ether oxygens (including phenoxy) is 1. The Morgan fingerprint density at radius 3 is 2.48 bits per heavy atom. The van der Waals surface area contributed by atoms with E-state index in [9.17, 15) is 9.59 Å². The summed E-state index contributed by atoms with van der Waals surface area (Å²) >= 11 is 0. The average molecular weight is 280 g/mol. The predicted molar refractivity (Wildman–Crippen MR) is 78.8 cm³/mol. The lowest BCUT2D eigenvalue weighted by atomic mass is 9.86. The standard InChI is InChI=1S/C18H16O3/c1-18(11-14-9-5-6-10-15(14)16(18)19)17(20)21-12-13-7-3-2-4-8-13/h2-10H,11-12H2,1H3. The third kappa shape index (κ3) is 2.35. The molecule has 3 heteroatoms. The Morgan fingerprint density at radius 2 is 1.76 bits per heavy atom. The van der Waals surface area contributed by atoms with Gasteiger partial charge >= 0.3 is 5.97 Å². The van der Waals surface area contributed by atoms with E-state index in [1.165, 1.54) is 0 Å². The van der Waals surface area contributed by atoms with Crippen LogP contribution in [-0.2, 0) is 22.6 Å². The first-order valence-corrected chi connectivity index (χ1v) is 6.95. The molecular formula is C18H16O3. The smallest absolute Gasteiger partial charge is 0.320 e. The molecule has 2 aromatic rings. The van der Waals surface area contributed by atoms with Gasteiger partial charge in [-0.1, -0.05) is 54.6 Å². The molecule has 0 saturated heterocycles. The Bertz CT molecular complexity index is 691. The minimum absolute atomic E-state index is 0.142. The van der Waals surface area contributed by atoms with Crippen molar-refractivity contribution in [3.05, 3.63) is 71.3 Å². The van der Waals surface area contributed by atoms with Crippen LogP contribution in [0, 0.1) is 5.41 Å². The highest BCUT2D eigenvalue weighted by Crippen LogP contribution is 2.37. The fourth-order valence-corrected chi connectivity index (χ4v) is 2.70. The zero-order chi connectivity index (χ0) is 14.9. The van der Waals surface area contributed by atoms with E-state index >= 15 is 0 Å². The molecule has 106 valence electrons. The molecule has 0 heterocycles. The maximum Gasteiger partial charge on any atom is 0.320 e. The van der Waals surface area contributed by atoms with Crippen LogP contribution in [0.3, 0.4) is 0 Å². The Balaban J connectivity index is 1.75. The first kappa shape index (κ1) is 13.6. The number of carbonyl (C=O) groups is 2. The molecule has 0 bridgehead atoms. The van der Waals surface area contributed by atoms with Crippen LogP contribution in [0.25, 0.3) is 0 Å². The summed E-state index contributed by atoms with van der Waals surface area (Å²) in [5, 5.41) is 0. The van der Waals surface area contributed by atoms with Gasteiger partial charge < -0.3 is 4.74 Å². The molecular weight excluding hydrogens is 264 g/mol. The lowest BCUT2D eigenvalue weighted by Gasteiger charge is -2.19. The summed E-state index contributed by atoms with van der Waals surface area (Å²) in [6.07, 6.45) is 0.412. The molecule has 21 heavy (non-hydrogen) atoms. The lowest BCUT2D eigenvalue weighted by molar-refractivity contribution is -0.153. The van der Waals surface area contributed by atoms with Gasteiger partial charge in [-0.2, -0.15) is 0 Å². The normalized spacial score (nSPS) is 20.1. The van der Waals surface area contributed by atoms with Crippen molar-refractivity contribution in [3.8, 4) is 0 Å². The molecule has 0 amide bonds. The van der Waals surface area contributed by atoms with E-state index < -0.39 is 11.4 Å². The van der Waals surface area contributed by atoms with Crippen LogP contribution in [-0.4, -0.2) is 11.8 Å². The number of Topliss-reactive ketones (excluding diaryl/α,β-unsaturated/α-hetero) is 1. The number of esters is 1. The molecule has 0 N–H and O–H groups in total. The highest BCUT2D eigenvalue weighted by molar-refractivity contribution is 6.15. The molecule has 0 fully saturated rings. The largest absolute Gasteiger partial charge is 0.460 e. The number of fused-ring (bicyclic) bond motifs is 1. The van der Waals surface area contributed by atoms with Crippen molar-refractivity contribution in [2.45, 2.75) is 20.0 Å². The summed E-state index contributed by atoms with van der Waals surface area (Å²) in [6, 6.07) is 16.8. The summed E-state index contributed by atoms with van der Waals surface area (Å²) in [6.45, 7) is 1.86. The van der Waals surface area contributed by atoms with Gasteiger partial charge in [0, 0.05) is 5.56 Å². The Labute approximate surface area is 123 Å². The van der Waals surface area contributed by atoms with Crippen molar-refractivity contribution < 1.29 is 14.3 Å². The van der Waals surface area contributed by atoms with Crippen molar-refractivity contribution in [1.29, 1.82) is 0 Å². The van der Waals surface area contributed by atoms with Gasteiger partial charge in [0.2, 0.25) is 0 Å². The second kappa shape index (κ2) is 5.17. The second-order valence-corrected chi connectivity index (χ2v) is 5.56. The molecule has 0 radical (unpaired) electrons. The summed E-state index contributed by atoms with van der Waals surface area (Å²) in [5.41, 5.74) is 1.37. The van der Waals surface area contributed by atoms with E-state index in [0.29, 0.717) is 12.0 Å². The van der Waals surface area contributed by atoms with Gasteiger partial charge in [-0.15, -0.1) is 0 Å². The number of hydrogen-bond donors (Lipinski definition) is 0. The fraction of sp³-hybridized carbons (Fsp3) is 0.222. The highest BCUT2D eigenvalue weighted by atomic mass is 16.5. The number of carbonyl (C=O) groups excluding carboxylic acids is 2. The molecule has 3 rings (SSSR count). The van der Waals surface area contributed by atoms with Gasteiger partial charge in [0.05, 0.1) is 0 Å². The van der Waals surface area contributed by atoms with Gasteiger partial charge in [-0.3, -0.25) is 9.59 Å². The molecule has 1 aliphatic carbocycles. The zero-order valence-electron chi connectivity index (χ0n) is 11.8. The SMILES string of the molecule is CC1(C(=O)OCc2ccccc2)Cc2ccccc2C1=O. The monoisotopic (exact) mass is 280 g/mol. The van der Waals surface area contributed by atoms with E-state index in [1.807, 2.05) is 48.5 Å².